The second kappa shape index (κ2) is 6.17. The normalized spacial score (nSPS) is 12.2. The van der Waals surface area contributed by atoms with Crippen molar-refractivity contribution in [2.45, 2.75) is 6.10 Å². The van der Waals surface area contributed by atoms with Crippen molar-refractivity contribution >= 4 is 11.7 Å². The third-order valence-electron chi connectivity index (χ3n) is 2.27. The van der Waals surface area contributed by atoms with E-state index in [1.807, 2.05) is 0 Å². The predicted molar refractivity (Wildman–Crippen MR) is 63.9 cm³/mol. The maximum absolute atomic E-state index is 10.9. The number of ether oxygens (including phenoxy) is 1. The number of methoxy groups -OCH3 is 1. The molecule has 1 unspecified atom stereocenters. The Hall–Kier alpha value is -1.66. The molecule has 1 atom stereocenters. The molecule has 0 spiro atoms. The number of amides is 1. The zero-order valence-electron chi connectivity index (χ0n) is 9.96. The van der Waals surface area contributed by atoms with Crippen LogP contribution < -0.4 is 10.6 Å². The van der Waals surface area contributed by atoms with Crippen molar-refractivity contribution in [3.63, 3.8) is 0 Å². The fourth-order valence-corrected chi connectivity index (χ4v) is 1.41. The van der Waals surface area contributed by atoms with E-state index in [-0.39, 0.29) is 6.61 Å². The molecule has 0 radical (unpaired) electrons. The van der Waals surface area contributed by atoms with Crippen molar-refractivity contribution in [1.29, 1.82) is 0 Å². The van der Waals surface area contributed by atoms with Crippen LogP contribution in [0.1, 0.15) is 10.4 Å². The van der Waals surface area contributed by atoms with Gasteiger partial charge in [-0.05, 0) is 12.1 Å². The van der Waals surface area contributed by atoms with Crippen molar-refractivity contribution in [2.24, 2.45) is 5.73 Å². The second-order valence-electron chi connectivity index (χ2n) is 3.76. The summed E-state index contributed by atoms with van der Waals surface area (Å²) in [4.78, 5) is 16.7. The molecule has 0 aliphatic heterocycles. The quantitative estimate of drug-likeness (QED) is 0.706. The topological polar surface area (TPSA) is 88.7 Å². The smallest absolute Gasteiger partial charge is 0.250 e. The molecule has 0 bridgehead atoms. The molecule has 0 aliphatic carbocycles. The minimum Gasteiger partial charge on any atom is -0.389 e. The van der Waals surface area contributed by atoms with Crippen LogP contribution in [0.25, 0.3) is 0 Å². The van der Waals surface area contributed by atoms with Gasteiger partial charge in [0.2, 0.25) is 5.91 Å². The van der Waals surface area contributed by atoms with E-state index in [4.69, 9.17) is 10.5 Å². The number of nitrogens with two attached hydrogens (primary N) is 1. The number of nitrogens with zero attached hydrogens (tertiary/aromatic N) is 2. The van der Waals surface area contributed by atoms with Gasteiger partial charge < -0.3 is 20.5 Å². The number of primary amides is 1. The van der Waals surface area contributed by atoms with Gasteiger partial charge in [0.15, 0.2) is 0 Å². The molecular formula is C11H17N3O3. The zero-order chi connectivity index (χ0) is 12.8. The van der Waals surface area contributed by atoms with Gasteiger partial charge in [0.25, 0.3) is 0 Å². The van der Waals surface area contributed by atoms with Crippen molar-refractivity contribution in [1.82, 2.24) is 4.98 Å². The van der Waals surface area contributed by atoms with Crippen molar-refractivity contribution in [2.75, 3.05) is 32.2 Å². The van der Waals surface area contributed by atoms with Gasteiger partial charge in [0.05, 0.1) is 18.3 Å². The van der Waals surface area contributed by atoms with Gasteiger partial charge in [0, 0.05) is 26.9 Å². The van der Waals surface area contributed by atoms with E-state index in [0.29, 0.717) is 17.9 Å². The lowest BCUT2D eigenvalue weighted by atomic mass is 10.2. The molecule has 1 aromatic rings. The first kappa shape index (κ1) is 13.4. The monoisotopic (exact) mass is 239 g/mol. The summed E-state index contributed by atoms with van der Waals surface area (Å²) in [5, 5.41) is 9.56. The largest absolute Gasteiger partial charge is 0.389 e. The van der Waals surface area contributed by atoms with Crippen LogP contribution in [0.4, 0.5) is 5.82 Å². The number of hydrogen-bond donors (Lipinski definition) is 2. The molecule has 6 nitrogen and oxygen atoms in total. The lowest BCUT2D eigenvalue weighted by molar-refractivity contribution is 0.0694. The fraction of sp³-hybridized carbons (Fsp3) is 0.455. The van der Waals surface area contributed by atoms with Crippen LogP contribution in [0.5, 0.6) is 0 Å². The van der Waals surface area contributed by atoms with E-state index < -0.39 is 12.0 Å². The Morgan fingerprint density at radius 2 is 2.35 bits per heavy atom. The molecule has 0 saturated carbocycles. The molecule has 1 rings (SSSR count). The Morgan fingerprint density at radius 3 is 2.82 bits per heavy atom. The van der Waals surface area contributed by atoms with Gasteiger partial charge in [-0.3, -0.25) is 4.79 Å². The lowest BCUT2D eigenvalue weighted by Gasteiger charge is -2.21. The minimum atomic E-state index is -0.581. The molecule has 1 aromatic heterocycles. The van der Waals surface area contributed by atoms with Crippen molar-refractivity contribution in [3.05, 3.63) is 23.9 Å². The molecule has 17 heavy (non-hydrogen) atoms. The Kier molecular flexibility index (Phi) is 4.86. The molecule has 0 aromatic carbocycles. The summed E-state index contributed by atoms with van der Waals surface area (Å²) >= 11 is 0. The Labute approximate surface area is 100 Å². The van der Waals surface area contributed by atoms with E-state index >= 15 is 0 Å². The fourth-order valence-electron chi connectivity index (χ4n) is 1.41. The highest BCUT2D eigenvalue weighted by Gasteiger charge is 2.10. The maximum atomic E-state index is 10.9. The average molecular weight is 239 g/mol. The van der Waals surface area contributed by atoms with Crippen LogP contribution in [0.2, 0.25) is 0 Å². The third kappa shape index (κ3) is 4.01. The SMILES string of the molecule is COCC(O)CN(C)c1ccc(C(N)=O)cn1. The average Bonchev–Trinajstić information content (AvgIpc) is 2.29. The molecule has 1 heterocycles. The summed E-state index contributed by atoms with van der Waals surface area (Å²) in [5.41, 5.74) is 5.47. The summed E-state index contributed by atoms with van der Waals surface area (Å²) in [6.07, 6.45) is 0.833. The Morgan fingerprint density at radius 1 is 1.65 bits per heavy atom. The summed E-state index contributed by atoms with van der Waals surface area (Å²) in [6.45, 7) is 0.667. The number of likely N-dealkylation sites (N-methyl/N-ethyl adjacent to an activating group) is 1. The van der Waals surface area contributed by atoms with Gasteiger partial charge in [-0.15, -0.1) is 0 Å². The molecule has 0 saturated heterocycles. The number of anilines is 1. The molecule has 0 aliphatic rings. The highest BCUT2D eigenvalue weighted by Crippen LogP contribution is 2.09. The number of aliphatic hydroxyl groups excluding tert-OH is 1. The number of hydrogen-bond acceptors (Lipinski definition) is 5. The van der Waals surface area contributed by atoms with Crippen LogP contribution in [-0.4, -0.2) is 49.4 Å². The third-order valence-corrected chi connectivity index (χ3v) is 2.27. The Balaban J connectivity index is 2.63. The molecule has 1 amide bonds. The Bertz CT molecular complexity index is 367. The van der Waals surface area contributed by atoms with E-state index in [0.717, 1.165) is 0 Å². The van der Waals surface area contributed by atoms with E-state index in [1.54, 1.807) is 24.1 Å². The van der Waals surface area contributed by atoms with Gasteiger partial charge in [-0.2, -0.15) is 0 Å². The first-order valence-corrected chi connectivity index (χ1v) is 5.18. The zero-order valence-corrected chi connectivity index (χ0v) is 9.96. The molecule has 3 N–H and O–H groups in total. The van der Waals surface area contributed by atoms with Crippen LogP contribution in [0, 0.1) is 0 Å². The summed E-state index contributed by atoms with van der Waals surface area (Å²) in [5.74, 6) is 0.149. The maximum Gasteiger partial charge on any atom is 0.250 e. The van der Waals surface area contributed by atoms with Gasteiger partial charge >= 0.3 is 0 Å². The number of aromatic nitrogens is 1. The van der Waals surface area contributed by atoms with E-state index in [2.05, 4.69) is 4.98 Å². The van der Waals surface area contributed by atoms with Crippen LogP contribution in [0.3, 0.4) is 0 Å². The van der Waals surface area contributed by atoms with E-state index in [9.17, 15) is 9.90 Å². The number of pyridine rings is 1. The molecule has 0 fully saturated rings. The standard InChI is InChI=1S/C11H17N3O3/c1-14(6-9(15)7-17-2)10-4-3-8(5-13-10)11(12)16/h3-5,9,15H,6-7H2,1-2H3,(H2,12,16). The second-order valence-corrected chi connectivity index (χ2v) is 3.76. The van der Waals surface area contributed by atoms with Crippen LogP contribution in [0.15, 0.2) is 18.3 Å². The number of carbonyl (C=O) groups is 1. The predicted octanol–water partition coefficient (Wildman–Crippen LogP) is -0.376. The summed E-state index contributed by atoms with van der Waals surface area (Å²) < 4.78 is 4.83. The first-order valence-electron chi connectivity index (χ1n) is 5.18. The molecule has 94 valence electrons. The van der Waals surface area contributed by atoms with Crippen LogP contribution >= 0.6 is 0 Å². The first-order chi connectivity index (χ1) is 8.04. The summed E-state index contributed by atoms with van der Waals surface area (Å²) in [7, 11) is 3.33. The van der Waals surface area contributed by atoms with Gasteiger partial charge in [-0.25, -0.2) is 4.98 Å². The highest BCUT2D eigenvalue weighted by atomic mass is 16.5. The van der Waals surface area contributed by atoms with Crippen molar-refractivity contribution in [3.8, 4) is 0 Å². The molecular weight excluding hydrogens is 222 g/mol. The summed E-state index contributed by atoms with van der Waals surface area (Å²) in [6, 6.07) is 3.28. The lowest BCUT2D eigenvalue weighted by Crippen LogP contribution is -2.32. The number of aliphatic hydroxyl groups is 1. The van der Waals surface area contributed by atoms with Crippen molar-refractivity contribution < 1.29 is 14.6 Å². The molecule has 6 heteroatoms. The number of carbonyl (C=O) groups excluding carboxylic acids is 1. The van der Waals surface area contributed by atoms with Gasteiger partial charge in [-0.1, -0.05) is 0 Å². The van der Waals surface area contributed by atoms with Gasteiger partial charge in [0.1, 0.15) is 5.82 Å². The highest BCUT2D eigenvalue weighted by molar-refractivity contribution is 5.92. The minimum absolute atomic E-state index is 0.268. The van der Waals surface area contributed by atoms with E-state index in [1.165, 1.54) is 13.3 Å². The number of rotatable bonds is 6. The van der Waals surface area contributed by atoms with Crippen LogP contribution in [-0.2, 0) is 4.74 Å².